The van der Waals surface area contributed by atoms with E-state index in [9.17, 15) is 10.1 Å². The maximum atomic E-state index is 13.2. The third-order valence-corrected chi connectivity index (χ3v) is 5.95. The second-order valence-corrected chi connectivity index (χ2v) is 7.82. The number of methoxy groups -OCH3 is 2. The van der Waals surface area contributed by atoms with E-state index in [4.69, 9.17) is 9.47 Å². The molecule has 0 spiro atoms. The average Bonchev–Trinajstić information content (AvgIpc) is 3.17. The summed E-state index contributed by atoms with van der Waals surface area (Å²) in [5, 5.41) is 13.0. The largest absolute Gasteiger partial charge is 0.493 e. The number of benzene rings is 2. The number of aryl methyl sites for hydroxylation is 1. The maximum Gasteiger partial charge on any atom is 0.227 e. The number of para-hydroxylation sites is 2. The molecule has 3 aromatic heterocycles. The van der Waals surface area contributed by atoms with E-state index in [0.717, 1.165) is 16.6 Å². The summed E-state index contributed by atoms with van der Waals surface area (Å²) in [7, 11) is 5.04. The van der Waals surface area contributed by atoms with E-state index >= 15 is 0 Å². The number of nitrogens with zero attached hydrogens (tertiary/aromatic N) is 5. The molecule has 0 aliphatic rings. The van der Waals surface area contributed by atoms with E-state index in [1.54, 1.807) is 20.4 Å². The summed E-state index contributed by atoms with van der Waals surface area (Å²) in [5.41, 5.74) is 3.77. The number of nitrogens with one attached hydrogen (secondary N) is 1. The first kappa shape index (κ1) is 21.3. The van der Waals surface area contributed by atoms with Crippen molar-refractivity contribution < 1.29 is 9.47 Å². The van der Waals surface area contributed by atoms with Gasteiger partial charge in [-0.15, -0.1) is 0 Å². The monoisotopic (exact) mass is 454 g/mol. The topological polar surface area (TPSA) is 106 Å². The van der Waals surface area contributed by atoms with E-state index in [1.165, 1.54) is 0 Å². The highest BCUT2D eigenvalue weighted by molar-refractivity contribution is 5.92. The van der Waals surface area contributed by atoms with Crippen LogP contribution in [0, 0.1) is 11.3 Å². The average molecular weight is 454 g/mol. The molecule has 0 aliphatic carbocycles. The van der Waals surface area contributed by atoms with Crippen molar-refractivity contribution in [2.45, 2.75) is 6.42 Å². The van der Waals surface area contributed by atoms with Crippen molar-refractivity contribution >= 4 is 33.7 Å². The number of rotatable bonds is 6. The van der Waals surface area contributed by atoms with Crippen LogP contribution in [-0.2, 0) is 13.5 Å². The Balaban J connectivity index is 1.52. The predicted octanol–water partition coefficient (Wildman–Crippen LogP) is 3.28. The number of fused-ring (bicyclic) bond motifs is 5. The van der Waals surface area contributed by atoms with Crippen molar-refractivity contribution in [3.05, 3.63) is 70.0 Å². The molecule has 0 aliphatic heterocycles. The molecule has 170 valence electrons. The molecule has 34 heavy (non-hydrogen) atoms. The SMILES string of the molecule is COc1ccc(CCNc2ncc3c(n2)c(=O)c(C#N)c2n(C)c4ccccc4n32)cc1OC. The summed E-state index contributed by atoms with van der Waals surface area (Å²) in [4.78, 5) is 22.1. The molecule has 3 heterocycles. The van der Waals surface area contributed by atoms with Gasteiger partial charge in [-0.3, -0.25) is 9.20 Å². The fourth-order valence-electron chi connectivity index (χ4n) is 4.31. The number of imidazole rings is 1. The van der Waals surface area contributed by atoms with Crippen LogP contribution in [-0.4, -0.2) is 39.7 Å². The van der Waals surface area contributed by atoms with Crippen LogP contribution in [0.15, 0.2) is 53.5 Å². The van der Waals surface area contributed by atoms with Gasteiger partial charge in [-0.25, -0.2) is 9.97 Å². The Morgan fingerprint density at radius 3 is 2.56 bits per heavy atom. The van der Waals surface area contributed by atoms with Gasteiger partial charge in [0.1, 0.15) is 22.8 Å². The Labute approximate surface area is 194 Å². The molecule has 5 rings (SSSR count). The van der Waals surface area contributed by atoms with Crippen LogP contribution in [0.2, 0.25) is 0 Å². The van der Waals surface area contributed by atoms with Gasteiger partial charge in [0, 0.05) is 13.6 Å². The van der Waals surface area contributed by atoms with E-state index in [2.05, 4.69) is 21.4 Å². The molecule has 5 aromatic rings. The first-order valence-electron chi connectivity index (χ1n) is 10.7. The van der Waals surface area contributed by atoms with Crippen molar-refractivity contribution in [1.29, 1.82) is 5.26 Å². The zero-order valence-corrected chi connectivity index (χ0v) is 19.0. The quantitative estimate of drug-likeness (QED) is 0.420. The molecule has 0 fully saturated rings. The fourth-order valence-corrected chi connectivity index (χ4v) is 4.31. The summed E-state index contributed by atoms with van der Waals surface area (Å²) < 4.78 is 14.4. The maximum absolute atomic E-state index is 13.2. The van der Waals surface area contributed by atoms with Crippen LogP contribution in [0.1, 0.15) is 11.1 Å². The summed E-state index contributed by atoms with van der Waals surface area (Å²) >= 11 is 0. The molecule has 0 unspecified atom stereocenters. The Morgan fingerprint density at radius 2 is 1.82 bits per heavy atom. The molecule has 0 radical (unpaired) electrons. The van der Waals surface area contributed by atoms with E-state index in [0.29, 0.717) is 41.6 Å². The fraction of sp³-hybridized carbons (Fsp3) is 0.200. The van der Waals surface area contributed by atoms with Gasteiger partial charge in [-0.2, -0.15) is 5.26 Å². The van der Waals surface area contributed by atoms with Crippen molar-refractivity contribution in [2.75, 3.05) is 26.1 Å². The lowest BCUT2D eigenvalue weighted by molar-refractivity contribution is 0.354. The molecule has 0 amide bonds. The second-order valence-electron chi connectivity index (χ2n) is 7.82. The highest BCUT2D eigenvalue weighted by Crippen LogP contribution is 2.28. The third-order valence-electron chi connectivity index (χ3n) is 5.95. The minimum Gasteiger partial charge on any atom is -0.493 e. The number of nitriles is 1. The summed E-state index contributed by atoms with van der Waals surface area (Å²) in [5.74, 6) is 1.66. The Morgan fingerprint density at radius 1 is 1.06 bits per heavy atom. The Hall–Kier alpha value is -4.58. The standard InChI is InChI=1S/C25H22N6O3/c1-30-17-6-4-5-7-18(17)31-19-14-28-25(29-22(19)23(32)16(13-26)24(30)31)27-11-10-15-8-9-20(33-2)21(12-15)34-3/h4-9,12,14H,10-11H2,1-3H3,(H,27,28,29). The lowest BCUT2D eigenvalue weighted by atomic mass is 10.1. The van der Waals surface area contributed by atoms with Crippen LogP contribution in [0.3, 0.4) is 0 Å². The van der Waals surface area contributed by atoms with Crippen molar-refractivity contribution in [3.63, 3.8) is 0 Å². The number of pyridine rings is 1. The molecule has 0 bridgehead atoms. The minimum atomic E-state index is -0.409. The van der Waals surface area contributed by atoms with E-state index in [-0.39, 0.29) is 11.1 Å². The molecule has 9 heteroatoms. The van der Waals surface area contributed by atoms with Gasteiger partial charge in [-0.1, -0.05) is 18.2 Å². The summed E-state index contributed by atoms with van der Waals surface area (Å²) in [6.45, 7) is 0.546. The van der Waals surface area contributed by atoms with Crippen LogP contribution < -0.4 is 20.2 Å². The summed E-state index contributed by atoms with van der Waals surface area (Å²) in [6.07, 6.45) is 2.32. The van der Waals surface area contributed by atoms with Crippen LogP contribution in [0.5, 0.6) is 11.5 Å². The molecule has 0 saturated carbocycles. The smallest absolute Gasteiger partial charge is 0.227 e. The van der Waals surface area contributed by atoms with Gasteiger partial charge in [0.15, 0.2) is 11.5 Å². The van der Waals surface area contributed by atoms with Crippen LogP contribution in [0.4, 0.5) is 5.95 Å². The number of hydrogen-bond donors (Lipinski definition) is 1. The first-order chi connectivity index (χ1) is 16.6. The van der Waals surface area contributed by atoms with E-state index < -0.39 is 5.43 Å². The lowest BCUT2D eigenvalue weighted by Gasteiger charge is -2.10. The van der Waals surface area contributed by atoms with Gasteiger partial charge < -0.3 is 19.4 Å². The zero-order valence-electron chi connectivity index (χ0n) is 19.0. The highest BCUT2D eigenvalue weighted by Gasteiger charge is 2.20. The first-order valence-corrected chi connectivity index (χ1v) is 10.7. The lowest BCUT2D eigenvalue weighted by Crippen LogP contribution is -2.16. The number of anilines is 1. The van der Waals surface area contributed by atoms with Crippen molar-refractivity contribution in [2.24, 2.45) is 7.05 Å². The van der Waals surface area contributed by atoms with Gasteiger partial charge in [0.2, 0.25) is 11.4 Å². The zero-order chi connectivity index (χ0) is 23.8. The number of hydrogen-bond acceptors (Lipinski definition) is 7. The minimum absolute atomic E-state index is 0.0566. The van der Waals surface area contributed by atoms with Gasteiger partial charge in [0.05, 0.1) is 37.0 Å². The van der Waals surface area contributed by atoms with Gasteiger partial charge in [-0.05, 0) is 36.2 Å². The number of aromatic nitrogens is 4. The number of ether oxygens (including phenoxy) is 2. The molecule has 0 saturated heterocycles. The van der Waals surface area contributed by atoms with Crippen molar-refractivity contribution in [1.82, 2.24) is 18.9 Å². The molecule has 0 atom stereocenters. The van der Waals surface area contributed by atoms with Crippen LogP contribution >= 0.6 is 0 Å². The van der Waals surface area contributed by atoms with Gasteiger partial charge in [0.25, 0.3) is 0 Å². The normalized spacial score (nSPS) is 11.1. The van der Waals surface area contributed by atoms with Crippen LogP contribution in [0.25, 0.3) is 27.7 Å². The predicted molar refractivity (Wildman–Crippen MR) is 130 cm³/mol. The Bertz CT molecular complexity index is 1660. The second kappa shape index (κ2) is 8.41. The molecule has 2 aromatic carbocycles. The molecular formula is C25H22N6O3. The summed E-state index contributed by atoms with van der Waals surface area (Å²) in [6, 6.07) is 15.6. The molecule has 1 N–H and O–H groups in total. The van der Waals surface area contributed by atoms with Gasteiger partial charge >= 0.3 is 0 Å². The highest BCUT2D eigenvalue weighted by atomic mass is 16.5. The Kier molecular flexibility index (Phi) is 5.26. The molecule has 9 nitrogen and oxygen atoms in total. The third kappa shape index (κ3) is 3.28. The van der Waals surface area contributed by atoms with E-state index in [1.807, 2.05) is 58.5 Å². The molecular weight excluding hydrogens is 432 g/mol. The van der Waals surface area contributed by atoms with Crippen molar-refractivity contribution in [3.8, 4) is 17.6 Å².